The van der Waals surface area contributed by atoms with E-state index in [-0.39, 0.29) is 17.6 Å². The van der Waals surface area contributed by atoms with E-state index in [1.54, 1.807) is 0 Å². The Morgan fingerprint density at radius 3 is 2.50 bits per heavy atom. The van der Waals surface area contributed by atoms with E-state index in [1.807, 2.05) is 0 Å². The summed E-state index contributed by atoms with van der Waals surface area (Å²) in [6, 6.07) is 3.53. The molecule has 1 aromatic carbocycles. The van der Waals surface area contributed by atoms with Gasteiger partial charge in [-0.2, -0.15) is 5.48 Å². The zero-order valence-corrected chi connectivity index (χ0v) is 8.34. The fraction of sp³-hybridized carbons (Fsp3) is 0.455. The number of hydroxylamine groups is 1. The van der Waals surface area contributed by atoms with Gasteiger partial charge in [0.25, 0.3) is 0 Å². The van der Waals surface area contributed by atoms with Crippen LogP contribution in [0, 0.1) is 17.6 Å². The van der Waals surface area contributed by atoms with E-state index in [0.717, 1.165) is 12.1 Å². The molecule has 2 fully saturated rings. The second kappa shape index (κ2) is 3.21. The van der Waals surface area contributed by atoms with E-state index in [0.29, 0.717) is 6.42 Å². The Morgan fingerprint density at radius 1 is 1.38 bits per heavy atom. The predicted molar refractivity (Wildman–Crippen MR) is 50.1 cm³/mol. The largest absolute Gasteiger partial charge is 0.297 e. The fourth-order valence-electron chi connectivity index (χ4n) is 2.43. The first kappa shape index (κ1) is 10.1. The number of halogens is 3. The molecule has 1 aliphatic carbocycles. The summed E-state index contributed by atoms with van der Waals surface area (Å²) in [4.78, 5) is 5.07. The molecule has 3 rings (SSSR count). The third-order valence-electron chi connectivity index (χ3n) is 3.38. The second-order valence-electron chi connectivity index (χ2n) is 4.30. The van der Waals surface area contributed by atoms with Crippen LogP contribution in [0.4, 0.5) is 13.2 Å². The van der Waals surface area contributed by atoms with Gasteiger partial charge in [0.2, 0.25) is 0 Å². The zero-order valence-electron chi connectivity index (χ0n) is 8.34. The molecule has 1 saturated heterocycles. The number of alkyl halides is 1. The summed E-state index contributed by atoms with van der Waals surface area (Å²) in [5.41, 5.74) is 0.867. The topological polar surface area (TPSA) is 21.3 Å². The summed E-state index contributed by atoms with van der Waals surface area (Å²) in [6.45, 7) is -0.883. The average Bonchev–Trinajstić information content (AvgIpc) is 2.96. The summed E-state index contributed by atoms with van der Waals surface area (Å²) in [5.74, 6) is -1.65. The van der Waals surface area contributed by atoms with Crippen molar-refractivity contribution in [2.45, 2.75) is 18.1 Å². The van der Waals surface area contributed by atoms with Crippen molar-refractivity contribution in [2.24, 2.45) is 5.92 Å². The van der Waals surface area contributed by atoms with Crippen LogP contribution in [-0.2, 0) is 10.4 Å². The van der Waals surface area contributed by atoms with Crippen LogP contribution in [0.15, 0.2) is 18.2 Å². The lowest BCUT2D eigenvalue weighted by Crippen LogP contribution is -2.43. The maximum Gasteiger partial charge on any atom is 0.131 e. The highest BCUT2D eigenvalue weighted by molar-refractivity contribution is 5.33. The summed E-state index contributed by atoms with van der Waals surface area (Å²) in [5, 5.41) is 0. The molecular formula is C11H10F3NO. The van der Waals surface area contributed by atoms with Crippen LogP contribution in [0.2, 0.25) is 0 Å². The molecule has 1 N–H and O–H groups in total. The van der Waals surface area contributed by atoms with Gasteiger partial charge in [0.15, 0.2) is 0 Å². The van der Waals surface area contributed by atoms with Crippen molar-refractivity contribution < 1.29 is 18.0 Å². The molecule has 2 nitrogen and oxygen atoms in total. The van der Waals surface area contributed by atoms with Crippen molar-refractivity contribution in [2.75, 3.05) is 6.67 Å². The first-order chi connectivity index (χ1) is 7.69. The van der Waals surface area contributed by atoms with Gasteiger partial charge in [0.1, 0.15) is 23.8 Å². The molecule has 0 bridgehead atoms. The van der Waals surface area contributed by atoms with Crippen LogP contribution in [0.1, 0.15) is 12.0 Å². The molecule has 1 saturated carbocycles. The number of nitrogens with one attached hydrogen (secondary N) is 1. The van der Waals surface area contributed by atoms with Gasteiger partial charge in [-0.1, -0.05) is 6.07 Å². The van der Waals surface area contributed by atoms with E-state index in [2.05, 4.69) is 5.48 Å². The minimum Gasteiger partial charge on any atom is -0.297 e. The van der Waals surface area contributed by atoms with Gasteiger partial charge in [-0.25, -0.2) is 13.2 Å². The number of hydrogen-bond donors (Lipinski definition) is 1. The quantitative estimate of drug-likeness (QED) is 0.838. The highest BCUT2D eigenvalue weighted by Crippen LogP contribution is 2.53. The maximum absolute atomic E-state index is 13.6. The molecule has 2 aliphatic rings. The smallest absolute Gasteiger partial charge is 0.131 e. The molecule has 3 unspecified atom stereocenters. The Bertz CT molecular complexity index is 419. The van der Waals surface area contributed by atoms with Crippen molar-refractivity contribution in [3.63, 3.8) is 0 Å². The van der Waals surface area contributed by atoms with Gasteiger partial charge in [0.05, 0.1) is 6.10 Å². The molecule has 16 heavy (non-hydrogen) atoms. The Morgan fingerprint density at radius 2 is 2.06 bits per heavy atom. The lowest BCUT2D eigenvalue weighted by Gasteiger charge is -2.28. The van der Waals surface area contributed by atoms with Gasteiger partial charge < -0.3 is 0 Å². The normalized spacial score (nSPS) is 36.2. The number of hydrogen-bond acceptors (Lipinski definition) is 2. The fourth-order valence-corrected chi connectivity index (χ4v) is 2.43. The number of rotatable bonds is 2. The molecule has 0 aromatic heterocycles. The van der Waals surface area contributed by atoms with E-state index in [4.69, 9.17) is 4.84 Å². The van der Waals surface area contributed by atoms with Crippen molar-refractivity contribution in [3.05, 3.63) is 35.4 Å². The predicted octanol–water partition coefficient (Wildman–Crippen LogP) is 2.05. The van der Waals surface area contributed by atoms with Gasteiger partial charge in [-0.05, 0) is 18.6 Å². The summed E-state index contributed by atoms with van der Waals surface area (Å²) >= 11 is 0. The van der Waals surface area contributed by atoms with Crippen molar-refractivity contribution >= 4 is 0 Å². The molecular weight excluding hydrogens is 219 g/mol. The third-order valence-corrected chi connectivity index (χ3v) is 3.38. The lowest BCUT2D eigenvalue weighted by atomic mass is 9.86. The van der Waals surface area contributed by atoms with Crippen LogP contribution in [0.25, 0.3) is 0 Å². The minimum atomic E-state index is -1.35. The second-order valence-corrected chi connectivity index (χ2v) is 4.30. The summed E-state index contributed by atoms with van der Waals surface area (Å²) < 4.78 is 40.4. The maximum atomic E-state index is 13.6. The molecule has 0 radical (unpaired) electrons. The Hall–Kier alpha value is -1.07. The number of benzene rings is 1. The highest BCUT2D eigenvalue weighted by atomic mass is 19.1. The van der Waals surface area contributed by atoms with Crippen LogP contribution < -0.4 is 5.48 Å². The van der Waals surface area contributed by atoms with E-state index in [9.17, 15) is 13.2 Å². The first-order valence-electron chi connectivity index (χ1n) is 5.12. The van der Waals surface area contributed by atoms with Crippen LogP contribution >= 0.6 is 0 Å². The van der Waals surface area contributed by atoms with Crippen LogP contribution in [0.3, 0.4) is 0 Å². The Kier molecular flexibility index (Phi) is 2.03. The minimum absolute atomic E-state index is 0.116. The van der Waals surface area contributed by atoms with Gasteiger partial charge >= 0.3 is 0 Å². The van der Waals surface area contributed by atoms with Gasteiger partial charge in [0, 0.05) is 11.5 Å². The molecule has 0 spiro atoms. The van der Waals surface area contributed by atoms with Gasteiger partial charge in [-0.15, -0.1) is 0 Å². The lowest BCUT2D eigenvalue weighted by molar-refractivity contribution is 0.00598. The molecule has 1 aliphatic heterocycles. The Balaban J connectivity index is 2.13. The molecule has 5 heteroatoms. The average molecular weight is 229 g/mol. The molecule has 1 aromatic rings. The first-order valence-corrected chi connectivity index (χ1v) is 5.12. The summed E-state index contributed by atoms with van der Waals surface area (Å²) in [7, 11) is 0. The molecule has 3 atom stereocenters. The van der Waals surface area contributed by atoms with Gasteiger partial charge in [-0.3, -0.25) is 4.84 Å². The molecule has 86 valence electrons. The van der Waals surface area contributed by atoms with Crippen LogP contribution in [0.5, 0.6) is 0 Å². The summed E-state index contributed by atoms with van der Waals surface area (Å²) in [6.07, 6.45) is 0.528. The highest BCUT2D eigenvalue weighted by Gasteiger charge is 2.62. The standard InChI is InChI=1S/C11H10F3NO/c12-5-11(6-4-9(6)16-15-11)10-7(13)2-1-3-8(10)14/h1-3,6,9,15H,4-5H2. The number of fused-ring (bicyclic) bond motifs is 1. The van der Waals surface area contributed by atoms with Crippen molar-refractivity contribution in [1.82, 2.24) is 5.48 Å². The Labute approximate surface area is 90.4 Å². The molecule has 1 heterocycles. The van der Waals surface area contributed by atoms with Crippen molar-refractivity contribution in [1.29, 1.82) is 0 Å². The van der Waals surface area contributed by atoms with Crippen molar-refractivity contribution in [3.8, 4) is 0 Å². The monoisotopic (exact) mass is 229 g/mol. The van der Waals surface area contributed by atoms with E-state index in [1.165, 1.54) is 6.07 Å². The molecule has 0 amide bonds. The third kappa shape index (κ3) is 1.15. The van der Waals surface area contributed by atoms with E-state index < -0.39 is 23.8 Å². The van der Waals surface area contributed by atoms with Crippen LogP contribution in [-0.4, -0.2) is 12.8 Å². The zero-order chi connectivity index (χ0) is 11.3. The SMILES string of the molecule is FCC1(c2c(F)cccc2F)NOC2CC21. The van der Waals surface area contributed by atoms with E-state index >= 15 is 0 Å².